The summed E-state index contributed by atoms with van der Waals surface area (Å²) in [7, 11) is -3.60. The van der Waals surface area contributed by atoms with Crippen molar-refractivity contribution in [3.05, 3.63) is 5.89 Å². The van der Waals surface area contributed by atoms with Crippen LogP contribution >= 0.6 is 11.6 Å². The summed E-state index contributed by atoms with van der Waals surface area (Å²) in [5.74, 6) is 0.351. The number of ether oxygens (including phenoxy) is 1. The van der Waals surface area contributed by atoms with Crippen LogP contribution in [0.2, 0.25) is 0 Å². The van der Waals surface area contributed by atoms with Crippen molar-refractivity contribution in [3.8, 4) is 0 Å². The smallest absolute Gasteiger partial charge is 0.307 e. The second-order valence-electron chi connectivity index (χ2n) is 9.34. The van der Waals surface area contributed by atoms with Gasteiger partial charge in [0.05, 0.1) is 12.2 Å². The normalized spacial score (nSPS) is 16.8. The van der Waals surface area contributed by atoms with Crippen molar-refractivity contribution in [2.75, 3.05) is 16.4 Å². The lowest BCUT2D eigenvalue weighted by Crippen LogP contribution is -2.25. The van der Waals surface area contributed by atoms with E-state index in [2.05, 4.69) is 14.9 Å². The number of halogens is 1. The van der Waals surface area contributed by atoms with Crippen molar-refractivity contribution in [2.45, 2.75) is 96.5 Å². The molecule has 1 saturated carbocycles. The maximum atomic E-state index is 12.4. The highest BCUT2D eigenvalue weighted by Crippen LogP contribution is 2.32. The average Bonchev–Trinajstić information content (AvgIpc) is 3.12. The van der Waals surface area contributed by atoms with Crippen LogP contribution in [0.25, 0.3) is 0 Å². The quantitative estimate of drug-likeness (QED) is 0.332. The minimum absolute atomic E-state index is 0.114. The van der Waals surface area contributed by atoms with Crippen molar-refractivity contribution in [2.24, 2.45) is 5.92 Å². The maximum absolute atomic E-state index is 12.4. The third-order valence-corrected chi connectivity index (χ3v) is 6.89. The van der Waals surface area contributed by atoms with Crippen LogP contribution in [0, 0.1) is 5.92 Å². The number of hydrogen-bond donors (Lipinski definition) is 1. The lowest BCUT2D eigenvalue weighted by molar-refractivity contribution is -0.155. The summed E-state index contributed by atoms with van der Waals surface area (Å²) >= 11 is 5.57. The highest BCUT2D eigenvalue weighted by atomic mass is 35.5. The van der Waals surface area contributed by atoms with Gasteiger partial charge in [-0.2, -0.15) is 4.98 Å². The minimum Gasteiger partial charge on any atom is -0.460 e. The van der Waals surface area contributed by atoms with Crippen LogP contribution in [-0.2, 0) is 19.6 Å². The summed E-state index contributed by atoms with van der Waals surface area (Å²) in [6.45, 7) is 5.47. The molecule has 1 atom stereocenters. The van der Waals surface area contributed by atoms with E-state index in [1.165, 1.54) is 32.1 Å². The van der Waals surface area contributed by atoms with Gasteiger partial charge in [0.1, 0.15) is 5.60 Å². The highest BCUT2D eigenvalue weighted by Gasteiger charge is 2.27. The number of anilines is 1. The Labute approximate surface area is 190 Å². The first kappa shape index (κ1) is 25.9. The largest absolute Gasteiger partial charge is 0.460 e. The highest BCUT2D eigenvalue weighted by molar-refractivity contribution is 7.92. The van der Waals surface area contributed by atoms with Crippen LogP contribution < -0.4 is 4.72 Å². The first-order valence-electron chi connectivity index (χ1n) is 11.2. The number of nitrogens with one attached hydrogen (secondary N) is 1. The fourth-order valence-electron chi connectivity index (χ4n) is 3.90. The molecule has 0 radical (unpaired) electrons. The molecular weight excluding hydrogens is 442 g/mol. The van der Waals surface area contributed by atoms with E-state index < -0.39 is 15.6 Å². The topological polar surface area (TPSA) is 111 Å². The SMILES string of the molecule is CC(C)(C)OC(=O)CC(CCCC1CCCCC1)c1nc(NS(=O)(=O)CCCCl)no1. The maximum Gasteiger partial charge on any atom is 0.307 e. The monoisotopic (exact) mass is 477 g/mol. The van der Waals surface area contributed by atoms with E-state index in [1.54, 1.807) is 0 Å². The molecule has 10 heteroatoms. The number of carbonyl (C=O) groups is 1. The number of sulfonamides is 1. The zero-order valence-corrected chi connectivity index (χ0v) is 20.4. The molecule has 8 nitrogen and oxygen atoms in total. The minimum atomic E-state index is -3.60. The number of carbonyl (C=O) groups excluding carboxylic acids is 1. The van der Waals surface area contributed by atoms with Crippen LogP contribution in [-0.4, -0.2) is 41.8 Å². The van der Waals surface area contributed by atoms with Crippen molar-refractivity contribution >= 4 is 33.5 Å². The Morgan fingerprint density at radius 3 is 2.61 bits per heavy atom. The molecule has 1 unspecified atom stereocenters. The summed E-state index contributed by atoms with van der Waals surface area (Å²) in [6, 6.07) is 0. The van der Waals surface area contributed by atoms with Gasteiger partial charge in [0, 0.05) is 11.8 Å². The molecule has 1 heterocycles. The van der Waals surface area contributed by atoms with Gasteiger partial charge in [-0.15, -0.1) is 11.6 Å². The Kier molecular flexibility index (Phi) is 10.1. The van der Waals surface area contributed by atoms with E-state index in [0.717, 1.165) is 18.8 Å². The summed E-state index contributed by atoms with van der Waals surface area (Å²) in [6.07, 6.45) is 9.64. The molecule has 1 fully saturated rings. The molecule has 0 spiro atoms. The number of rotatable bonds is 12. The predicted molar refractivity (Wildman–Crippen MR) is 121 cm³/mol. The van der Waals surface area contributed by atoms with Crippen LogP contribution in [0.4, 0.5) is 5.95 Å². The Bertz CT molecular complexity index is 785. The molecule has 178 valence electrons. The molecule has 2 rings (SSSR count). The van der Waals surface area contributed by atoms with E-state index in [0.29, 0.717) is 12.8 Å². The molecule has 0 aromatic carbocycles. The van der Waals surface area contributed by atoms with Crippen LogP contribution in [0.1, 0.15) is 96.8 Å². The molecule has 0 amide bonds. The van der Waals surface area contributed by atoms with Crippen molar-refractivity contribution in [1.29, 1.82) is 0 Å². The molecule has 1 aromatic heterocycles. The summed E-state index contributed by atoms with van der Waals surface area (Å²) in [5, 5.41) is 3.75. The Morgan fingerprint density at radius 1 is 1.26 bits per heavy atom. The second kappa shape index (κ2) is 12.0. The van der Waals surface area contributed by atoms with Crippen LogP contribution in [0.15, 0.2) is 4.52 Å². The van der Waals surface area contributed by atoms with Gasteiger partial charge in [-0.25, -0.2) is 13.1 Å². The standard InChI is InChI=1S/C21H36ClN3O5S/c1-21(2,3)29-18(26)15-17(12-7-11-16-9-5-4-6-10-16)19-23-20(24-30-19)25-31(27,28)14-8-13-22/h16-17H,4-15H2,1-3H3,(H,24,25). The van der Waals surface area contributed by atoms with Crippen LogP contribution in [0.3, 0.4) is 0 Å². The number of nitrogens with zero attached hydrogens (tertiary/aromatic N) is 2. The lowest BCUT2D eigenvalue weighted by Gasteiger charge is -2.23. The summed E-state index contributed by atoms with van der Waals surface area (Å²) in [4.78, 5) is 16.6. The first-order chi connectivity index (χ1) is 14.6. The Morgan fingerprint density at radius 2 is 1.97 bits per heavy atom. The van der Waals surface area contributed by atoms with Gasteiger partial charge in [0.25, 0.3) is 5.95 Å². The van der Waals surface area contributed by atoms with Gasteiger partial charge in [-0.05, 0) is 44.7 Å². The van der Waals surface area contributed by atoms with E-state index in [4.69, 9.17) is 20.9 Å². The van der Waals surface area contributed by atoms with Gasteiger partial charge >= 0.3 is 5.97 Å². The fraction of sp³-hybridized carbons (Fsp3) is 0.857. The molecule has 0 bridgehead atoms. The zero-order valence-electron chi connectivity index (χ0n) is 18.9. The number of hydrogen-bond acceptors (Lipinski definition) is 7. The summed E-state index contributed by atoms with van der Waals surface area (Å²) in [5.41, 5.74) is -0.582. The van der Waals surface area contributed by atoms with E-state index in [1.807, 2.05) is 20.8 Å². The molecule has 31 heavy (non-hydrogen) atoms. The molecule has 1 aromatic rings. The lowest BCUT2D eigenvalue weighted by atomic mass is 9.84. The fourth-order valence-corrected chi connectivity index (χ4v) is 5.18. The van der Waals surface area contributed by atoms with Gasteiger partial charge < -0.3 is 9.26 Å². The number of aromatic nitrogens is 2. The number of esters is 1. The zero-order chi connectivity index (χ0) is 22.9. The molecule has 1 aliphatic carbocycles. The second-order valence-corrected chi connectivity index (χ2v) is 11.6. The van der Waals surface area contributed by atoms with Crippen molar-refractivity contribution in [3.63, 3.8) is 0 Å². The summed E-state index contributed by atoms with van der Waals surface area (Å²) < 4.78 is 37.2. The van der Waals surface area contributed by atoms with Crippen molar-refractivity contribution in [1.82, 2.24) is 10.1 Å². The molecule has 0 aliphatic heterocycles. The number of alkyl halides is 1. The predicted octanol–water partition coefficient (Wildman–Crippen LogP) is 5.01. The van der Waals surface area contributed by atoms with Gasteiger partial charge in [0.2, 0.25) is 15.9 Å². The third-order valence-electron chi connectivity index (χ3n) is 5.31. The van der Waals surface area contributed by atoms with E-state index in [-0.39, 0.29) is 41.8 Å². The van der Waals surface area contributed by atoms with Gasteiger partial charge in [0.15, 0.2) is 0 Å². The molecule has 1 aliphatic rings. The Balaban J connectivity index is 2.02. The average molecular weight is 478 g/mol. The van der Waals surface area contributed by atoms with Gasteiger partial charge in [-0.3, -0.25) is 4.79 Å². The van der Waals surface area contributed by atoms with E-state index in [9.17, 15) is 13.2 Å². The molecule has 1 N–H and O–H groups in total. The van der Waals surface area contributed by atoms with Crippen molar-refractivity contribution < 1.29 is 22.5 Å². The van der Waals surface area contributed by atoms with Gasteiger partial charge in [-0.1, -0.05) is 44.9 Å². The molecular formula is C21H36ClN3O5S. The third kappa shape index (κ3) is 10.2. The first-order valence-corrected chi connectivity index (χ1v) is 13.4. The van der Waals surface area contributed by atoms with E-state index >= 15 is 0 Å². The van der Waals surface area contributed by atoms with Crippen LogP contribution in [0.5, 0.6) is 0 Å². The Hall–Kier alpha value is -1.35. The molecule has 0 saturated heterocycles.